The number of allylic oxidation sites excluding steroid dienone is 2. The van der Waals surface area contributed by atoms with E-state index >= 15 is 0 Å². The monoisotopic (exact) mass is 315 g/mol. The molecule has 2 aliphatic rings. The number of rotatable bonds is 4. The maximum Gasteiger partial charge on any atom is 0.229 e. The zero-order valence-corrected chi connectivity index (χ0v) is 13.6. The van der Waals surface area contributed by atoms with Crippen molar-refractivity contribution in [2.75, 3.05) is 14.1 Å². The van der Waals surface area contributed by atoms with Crippen molar-refractivity contribution in [1.82, 2.24) is 4.90 Å². The number of nitrogens with zero attached hydrogens (tertiary/aromatic N) is 1. The molecule has 1 unspecified atom stereocenters. The van der Waals surface area contributed by atoms with E-state index in [1.807, 2.05) is 12.1 Å². The summed E-state index contributed by atoms with van der Waals surface area (Å²) in [5.74, 6) is 0.481. The molecule has 0 radical (unpaired) electrons. The first-order valence-corrected chi connectivity index (χ1v) is 8.11. The Morgan fingerprint density at radius 2 is 1.91 bits per heavy atom. The highest BCUT2D eigenvalue weighted by atomic mass is 19.1. The average Bonchev–Trinajstić information content (AvgIpc) is 2.48. The molecule has 23 heavy (non-hydrogen) atoms. The largest absolute Gasteiger partial charge is 0.455 e. The van der Waals surface area contributed by atoms with Crippen LogP contribution in [0.15, 0.2) is 48.0 Å². The fourth-order valence-corrected chi connectivity index (χ4v) is 2.93. The van der Waals surface area contributed by atoms with E-state index in [9.17, 15) is 9.18 Å². The molecule has 122 valence electrons. The van der Waals surface area contributed by atoms with E-state index in [1.54, 1.807) is 20.2 Å². The number of carbonyl (C=O) groups is 1. The van der Waals surface area contributed by atoms with Gasteiger partial charge in [0.1, 0.15) is 5.75 Å². The fourth-order valence-electron chi connectivity index (χ4n) is 2.93. The van der Waals surface area contributed by atoms with Crippen LogP contribution in [0.3, 0.4) is 0 Å². The molecule has 0 aromatic heterocycles. The van der Waals surface area contributed by atoms with Gasteiger partial charge >= 0.3 is 0 Å². The van der Waals surface area contributed by atoms with Crippen LogP contribution in [0.4, 0.5) is 4.39 Å². The van der Waals surface area contributed by atoms with Gasteiger partial charge in [-0.3, -0.25) is 4.79 Å². The molecular weight excluding hydrogens is 293 g/mol. The minimum absolute atomic E-state index is 0.0969. The summed E-state index contributed by atoms with van der Waals surface area (Å²) in [4.78, 5) is 13.4. The zero-order valence-electron chi connectivity index (χ0n) is 13.6. The van der Waals surface area contributed by atoms with Crippen LogP contribution < -0.4 is 4.74 Å². The summed E-state index contributed by atoms with van der Waals surface area (Å²) < 4.78 is 19.8. The normalized spacial score (nSPS) is 21.1. The molecule has 1 fully saturated rings. The van der Waals surface area contributed by atoms with Crippen LogP contribution in [-0.2, 0) is 4.79 Å². The van der Waals surface area contributed by atoms with Crippen molar-refractivity contribution in [2.24, 2.45) is 5.92 Å². The highest BCUT2D eigenvalue weighted by Crippen LogP contribution is 2.37. The van der Waals surface area contributed by atoms with Gasteiger partial charge in [0.15, 0.2) is 11.6 Å². The Labute approximate surface area is 136 Å². The van der Waals surface area contributed by atoms with E-state index in [0.29, 0.717) is 18.1 Å². The molecular formula is C19H22FNO2. The van der Waals surface area contributed by atoms with Crippen molar-refractivity contribution in [1.29, 1.82) is 0 Å². The molecule has 1 aromatic rings. The predicted octanol–water partition coefficient (Wildman–Crippen LogP) is 4.18. The smallest absolute Gasteiger partial charge is 0.229 e. The van der Waals surface area contributed by atoms with Crippen LogP contribution in [0.5, 0.6) is 5.75 Å². The van der Waals surface area contributed by atoms with E-state index in [0.717, 1.165) is 0 Å². The van der Waals surface area contributed by atoms with Gasteiger partial charge in [0.05, 0.1) is 5.92 Å². The number of hydrogen-bond donors (Lipinski definition) is 0. The van der Waals surface area contributed by atoms with Crippen LogP contribution in [0.2, 0.25) is 0 Å². The van der Waals surface area contributed by atoms with E-state index in [4.69, 9.17) is 4.74 Å². The SMILES string of the molecule is CN(C)C(=O)C1C=C(F)C(Oc2ccc(C3CCC3)cc2)=CC1. The summed E-state index contributed by atoms with van der Waals surface area (Å²) in [7, 11) is 3.35. The first-order chi connectivity index (χ1) is 11.0. The Bertz CT molecular complexity index is 642. The summed E-state index contributed by atoms with van der Waals surface area (Å²) >= 11 is 0. The number of carbonyl (C=O) groups excluding carboxylic acids is 1. The first kappa shape index (κ1) is 15.8. The average molecular weight is 315 g/mol. The van der Waals surface area contributed by atoms with E-state index < -0.39 is 11.7 Å². The Kier molecular flexibility index (Phi) is 4.51. The molecule has 0 aliphatic heterocycles. The van der Waals surface area contributed by atoms with Gasteiger partial charge < -0.3 is 9.64 Å². The Morgan fingerprint density at radius 3 is 2.43 bits per heavy atom. The van der Waals surface area contributed by atoms with Gasteiger partial charge in [-0.1, -0.05) is 18.6 Å². The second kappa shape index (κ2) is 6.57. The number of hydrogen-bond acceptors (Lipinski definition) is 2. The molecule has 4 heteroatoms. The minimum Gasteiger partial charge on any atom is -0.455 e. The molecule has 0 bridgehead atoms. The molecule has 2 aliphatic carbocycles. The van der Waals surface area contributed by atoms with E-state index in [2.05, 4.69) is 12.1 Å². The first-order valence-electron chi connectivity index (χ1n) is 8.11. The maximum atomic E-state index is 14.2. The Morgan fingerprint density at radius 1 is 1.22 bits per heavy atom. The lowest BCUT2D eigenvalue weighted by atomic mass is 9.80. The molecule has 3 nitrogen and oxygen atoms in total. The third-order valence-electron chi connectivity index (χ3n) is 4.58. The van der Waals surface area contributed by atoms with Gasteiger partial charge in [-0.2, -0.15) is 0 Å². The third-order valence-corrected chi connectivity index (χ3v) is 4.58. The van der Waals surface area contributed by atoms with Crippen LogP contribution >= 0.6 is 0 Å². The zero-order chi connectivity index (χ0) is 16.4. The predicted molar refractivity (Wildman–Crippen MR) is 87.7 cm³/mol. The van der Waals surface area contributed by atoms with Crippen molar-refractivity contribution in [2.45, 2.75) is 31.6 Å². The molecule has 3 rings (SSSR count). The topological polar surface area (TPSA) is 29.5 Å². The lowest BCUT2D eigenvalue weighted by molar-refractivity contribution is -0.131. The van der Waals surface area contributed by atoms with Gasteiger partial charge in [-0.05, 0) is 55.0 Å². The van der Waals surface area contributed by atoms with Gasteiger partial charge in [-0.15, -0.1) is 0 Å². The number of ether oxygens (including phenoxy) is 1. The molecule has 0 heterocycles. The quantitative estimate of drug-likeness (QED) is 0.834. The molecule has 1 atom stereocenters. The lowest BCUT2D eigenvalue weighted by Gasteiger charge is -2.26. The molecule has 0 spiro atoms. The standard InChI is InChI=1S/C19H22FNO2/c1-21(2)19(22)15-8-11-18(17(20)12-15)23-16-9-6-14(7-10-16)13-4-3-5-13/h6-7,9-13,15H,3-5,8H2,1-2H3. The lowest BCUT2D eigenvalue weighted by Crippen LogP contribution is -2.29. The maximum absolute atomic E-state index is 14.2. The van der Waals surface area contributed by atoms with Crippen LogP contribution in [-0.4, -0.2) is 24.9 Å². The second-order valence-electron chi connectivity index (χ2n) is 6.46. The summed E-state index contributed by atoms with van der Waals surface area (Å²) in [6, 6.07) is 7.89. The molecule has 1 saturated carbocycles. The van der Waals surface area contributed by atoms with Gasteiger partial charge in [0.2, 0.25) is 5.91 Å². The molecule has 0 N–H and O–H groups in total. The van der Waals surface area contributed by atoms with Gasteiger partial charge in [-0.25, -0.2) is 4.39 Å². The van der Waals surface area contributed by atoms with Crippen molar-refractivity contribution in [3.05, 3.63) is 53.6 Å². The van der Waals surface area contributed by atoms with Crippen molar-refractivity contribution >= 4 is 5.91 Å². The van der Waals surface area contributed by atoms with Crippen molar-refractivity contribution < 1.29 is 13.9 Å². The van der Waals surface area contributed by atoms with Crippen LogP contribution in [0.25, 0.3) is 0 Å². The third kappa shape index (κ3) is 3.46. The van der Waals surface area contributed by atoms with E-state index in [1.165, 1.54) is 35.8 Å². The van der Waals surface area contributed by atoms with Crippen molar-refractivity contribution in [3.63, 3.8) is 0 Å². The Hall–Kier alpha value is -2.10. The summed E-state index contributed by atoms with van der Waals surface area (Å²) in [5, 5.41) is 0. The minimum atomic E-state index is -0.473. The van der Waals surface area contributed by atoms with Crippen LogP contribution in [0.1, 0.15) is 37.2 Å². The number of benzene rings is 1. The molecule has 1 amide bonds. The van der Waals surface area contributed by atoms with Gasteiger partial charge in [0.25, 0.3) is 0 Å². The second-order valence-corrected chi connectivity index (χ2v) is 6.46. The fraction of sp³-hybridized carbons (Fsp3) is 0.421. The number of halogens is 1. The Balaban J connectivity index is 1.64. The summed E-state index contributed by atoms with van der Waals surface area (Å²) in [5.41, 5.74) is 1.33. The molecule has 0 saturated heterocycles. The van der Waals surface area contributed by atoms with E-state index in [-0.39, 0.29) is 11.7 Å². The summed E-state index contributed by atoms with van der Waals surface area (Å²) in [6.45, 7) is 0. The number of amides is 1. The summed E-state index contributed by atoms with van der Waals surface area (Å²) in [6.07, 6.45) is 7.27. The van der Waals surface area contributed by atoms with Gasteiger partial charge in [0, 0.05) is 14.1 Å². The molecule has 1 aromatic carbocycles. The van der Waals surface area contributed by atoms with Crippen LogP contribution in [0, 0.1) is 5.92 Å². The highest BCUT2D eigenvalue weighted by molar-refractivity contribution is 5.80. The van der Waals surface area contributed by atoms with Crippen molar-refractivity contribution in [3.8, 4) is 5.75 Å². The highest BCUT2D eigenvalue weighted by Gasteiger charge is 2.24.